The van der Waals surface area contributed by atoms with E-state index in [1.54, 1.807) is 19.9 Å². The third-order valence-electron chi connectivity index (χ3n) is 3.62. The van der Waals surface area contributed by atoms with Gasteiger partial charge in [0, 0.05) is 26.4 Å². The van der Waals surface area contributed by atoms with Gasteiger partial charge in [-0.2, -0.15) is 13.2 Å². The van der Waals surface area contributed by atoms with Crippen LogP contribution in [0.4, 0.5) is 13.2 Å². The van der Waals surface area contributed by atoms with Crippen molar-refractivity contribution in [2.24, 2.45) is 4.99 Å². The van der Waals surface area contributed by atoms with Gasteiger partial charge >= 0.3 is 6.18 Å². The molecule has 0 saturated heterocycles. The van der Waals surface area contributed by atoms with Crippen molar-refractivity contribution in [2.45, 2.75) is 31.3 Å². The molecule has 144 valence electrons. The molecule has 2 N–H and O–H groups in total. The first-order valence-corrected chi connectivity index (χ1v) is 9.06. The average molecular weight is 493 g/mol. The Balaban J connectivity index is 0.00000576. The third-order valence-corrected chi connectivity index (χ3v) is 5.78. The summed E-state index contributed by atoms with van der Waals surface area (Å²) in [5.41, 5.74) is -0.280. The van der Waals surface area contributed by atoms with Gasteiger partial charge in [0.1, 0.15) is 0 Å². The molecule has 0 aliphatic carbocycles. The maximum atomic E-state index is 12.7. The zero-order valence-electron chi connectivity index (χ0n) is 14.4. The molecular formula is C15H23F3IN3O2S. The maximum absolute atomic E-state index is 12.7. The van der Waals surface area contributed by atoms with E-state index in [1.165, 1.54) is 13.1 Å². The van der Waals surface area contributed by atoms with E-state index in [0.717, 1.165) is 18.4 Å². The third kappa shape index (κ3) is 7.38. The van der Waals surface area contributed by atoms with E-state index >= 15 is 0 Å². The van der Waals surface area contributed by atoms with Crippen molar-refractivity contribution >= 4 is 39.8 Å². The lowest BCUT2D eigenvalue weighted by molar-refractivity contribution is -0.137. The van der Waals surface area contributed by atoms with Gasteiger partial charge in [0.25, 0.3) is 0 Å². The van der Waals surface area contributed by atoms with Gasteiger partial charge in [0.15, 0.2) is 15.8 Å². The van der Waals surface area contributed by atoms with Gasteiger partial charge in [0.05, 0.1) is 10.3 Å². The van der Waals surface area contributed by atoms with Crippen LogP contribution in [0.15, 0.2) is 29.3 Å². The first-order valence-electron chi connectivity index (χ1n) is 7.17. The summed E-state index contributed by atoms with van der Waals surface area (Å²) in [6.45, 7) is 3.40. The van der Waals surface area contributed by atoms with Crippen LogP contribution in [0.25, 0.3) is 0 Å². The molecule has 10 heteroatoms. The molecule has 1 aromatic rings. The summed E-state index contributed by atoms with van der Waals surface area (Å²) in [5.74, 6) is 0.309. The van der Waals surface area contributed by atoms with Crippen molar-refractivity contribution < 1.29 is 21.6 Å². The van der Waals surface area contributed by atoms with Crippen LogP contribution in [0.5, 0.6) is 0 Å². The van der Waals surface area contributed by atoms with Gasteiger partial charge in [-0.15, -0.1) is 24.0 Å². The largest absolute Gasteiger partial charge is 0.416 e. The predicted octanol–water partition coefficient (Wildman–Crippen LogP) is 2.81. The van der Waals surface area contributed by atoms with Gasteiger partial charge in [-0.05, 0) is 31.5 Å². The van der Waals surface area contributed by atoms with Crippen LogP contribution in [0.1, 0.15) is 25.0 Å². The molecular weight excluding hydrogens is 470 g/mol. The highest BCUT2D eigenvalue weighted by atomic mass is 127. The average Bonchev–Trinajstić information content (AvgIpc) is 2.45. The molecule has 0 heterocycles. The number of hydrogen-bond acceptors (Lipinski definition) is 3. The van der Waals surface area contributed by atoms with Gasteiger partial charge < -0.3 is 10.6 Å². The smallest absolute Gasteiger partial charge is 0.355 e. The fraction of sp³-hybridized carbons (Fsp3) is 0.533. The van der Waals surface area contributed by atoms with Crippen molar-refractivity contribution in [2.75, 3.05) is 19.8 Å². The van der Waals surface area contributed by atoms with Crippen LogP contribution in [0.3, 0.4) is 0 Å². The Hall–Kier alpha value is -1.04. The summed E-state index contributed by atoms with van der Waals surface area (Å²) < 4.78 is 60.4. The molecule has 0 unspecified atom stereocenters. The quantitative estimate of drug-likeness (QED) is 0.376. The van der Waals surface area contributed by atoms with Crippen LogP contribution in [-0.4, -0.2) is 39.0 Å². The van der Waals surface area contributed by atoms with E-state index in [1.807, 2.05) is 0 Å². The summed E-state index contributed by atoms with van der Waals surface area (Å²) in [5, 5.41) is 5.73. The molecule has 1 rings (SSSR count). The summed E-state index contributed by atoms with van der Waals surface area (Å²) in [4.78, 5) is 3.94. The van der Waals surface area contributed by atoms with Crippen molar-refractivity contribution in [3.63, 3.8) is 0 Å². The molecule has 25 heavy (non-hydrogen) atoms. The van der Waals surface area contributed by atoms with E-state index in [0.29, 0.717) is 11.5 Å². The van der Waals surface area contributed by atoms with E-state index in [2.05, 4.69) is 15.6 Å². The van der Waals surface area contributed by atoms with E-state index in [9.17, 15) is 21.6 Å². The number of rotatable bonds is 5. The maximum Gasteiger partial charge on any atom is 0.416 e. The van der Waals surface area contributed by atoms with Gasteiger partial charge in [0.2, 0.25) is 0 Å². The van der Waals surface area contributed by atoms with Crippen molar-refractivity contribution in [3.05, 3.63) is 35.4 Å². The number of alkyl halides is 3. The number of hydrogen-bond donors (Lipinski definition) is 2. The minimum absolute atomic E-state index is 0. The second kappa shape index (κ2) is 9.06. The number of aliphatic imine (C=N–C) groups is 1. The Morgan fingerprint density at radius 1 is 1.20 bits per heavy atom. The molecule has 0 spiro atoms. The molecule has 5 nitrogen and oxygen atoms in total. The summed E-state index contributed by atoms with van der Waals surface area (Å²) in [7, 11) is -1.77. The minimum Gasteiger partial charge on any atom is -0.355 e. The van der Waals surface area contributed by atoms with Crippen molar-refractivity contribution in [1.82, 2.24) is 10.6 Å². The van der Waals surface area contributed by atoms with Crippen LogP contribution < -0.4 is 10.6 Å². The summed E-state index contributed by atoms with van der Waals surface area (Å²) in [6, 6.07) is 4.96. The zero-order valence-corrected chi connectivity index (χ0v) is 17.6. The first kappa shape index (κ1) is 24.0. The number of halogens is 4. The van der Waals surface area contributed by atoms with Gasteiger partial charge in [-0.3, -0.25) is 4.99 Å². The predicted molar refractivity (Wildman–Crippen MR) is 104 cm³/mol. The Morgan fingerprint density at radius 3 is 2.28 bits per heavy atom. The number of benzene rings is 1. The Morgan fingerprint density at radius 2 is 1.80 bits per heavy atom. The van der Waals surface area contributed by atoms with Gasteiger partial charge in [-0.1, -0.05) is 12.1 Å². The molecule has 0 radical (unpaired) electrons. The van der Waals surface area contributed by atoms with Crippen molar-refractivity contribution in [1.29, 1.82) is 0 Å². The van der Waals surface area contributed by atoms with Crippen LogP contribution in [0, 0.1) is 0 Å². The van der Waals surface area contributed by atoms with Crippen molar-refractivity contribution in [3.8, 4) is 0 Å². The highest BCUT2D eigenvalue weighted by Gasteiger charge is 2.31. The number of nitrogens with one attached hydrogen (secondary N) is 2. The fourth-order valence-corrected chi connectivity index (χ4v) is 2.03. The second-order valence-electron chi connectivity index (χ2n) is 6.01. The second-order valence-corrected chi connectivity index (χ2v) is 8.66. The molecule has 0 bridgehead atoms. The van der Waals surface area contributed by atoms with Crippen LogP contribution in [0.2, 0.25) is 0 Å². The highest BCUT2D eigenvalue weighted by Crippen LogP contribution is 2.29. The molecule has 0 fully saturated rings. The molecule has 0 atom stereocenters. The lowest BCUT2D eigenvalue weighted by atomic mass is 10.1. The summed E-state index contributed by atoms with van der Waals surface area (Å²) in [6.07, 6.45) is -3.25. The number of guanidine groups is 1. The fourth-order valence-electron chi connectivity index (χ4n) is 1.69. The molecule has 0 saturated carbocycles. The SMILES string of the molecule is CN=C(NCc1cccc(C(F)(F)F)c1)NCC(C)(C)S(C)(=O)=O.I. The van der Waals surface area contributed by atoms with E-state index < -0.39 is 26.3 Å². The minimum atomic E-state index is -4.39. The summed E-state index contributed by atoms with van der Waals surface area (Å²) >= 11 is 0. The topological polar surface area (TPSA) is 70.6 Å². The molecule has 0 aliphatic heterocycles. The lowest BCUT2D eigenvalue weighted by Crippen LogP contribution is -2.47. The van der Waals surface area contributed by atoms with E-state index in [-0.39, 0.29) is 37.1 Å². The Bertz CT molecular complexity index is 704. The monoisotopic (exact) mass is 493 g/mol. The highest BCUT2D eigenvalue weighted by molar-refractivity contribution is 14.0. The number of sulfone groups is 1. The Labute approximate surface area is 163 Å². The Kier molecular flexibility index (Phi) is 8.68. The number of nitrogens with zero attached hydrogens (tertiary/aromatic N) is 1. The normalized spacial score (nSPS) is 13.2. The van der Waals surface area contributed by atoms with E-state index in [4.69, 9.17) is 0 Å². The molecule has 0 aromatic heterocycles. The first-order chi connectivity index (χ1) is 10.9. The molecule has 0 amide bonds. The zero-order chi connectivity index (χ0) is 18.6. The van der Waals surface area contributed by atoms with Crippen LogP contribution in [-0.2, 0) is 22.6 Å². The molecule has 1 aromatic carbocycles. The molecule has 0 aliphatic rings. The van der Waals surface area contributed by atoms with Crippen LogP contribution >= 0.6 is 24.0 Å². The standard InChI is InChI=1S/C15H22F3N3O2S.HI/c1-14(2,24(4,22)23)10-21-13(19-3)20-9-11-6-5-7-12(8-11)15(16,17)18;/h5-8H,9-10H2,1-4H3,(H2,19,20,21);1H. The van der Waals surface area contributed by atoms with Gasteiger partial charge in [-0.25, -0.2) is 8.42 Å². The lowest BCUT2D eigenvalue weighted by Gasteiger charge is -2.24.